The summed E-state index contributed by atoms with van der Waals surface area (Å²) in [5.74, 6) is 1.05. The molecule has 0 radical (unpaired) electrons. The molecular weight excluding hydrogens is 356 g/mol. The second kappa shape index (κ2) is 6.99. The lowest BCUT2D eigenvalue weighted by Gasteiger charge is -2.26. The maximum Gasteiger partial charge on any atom is 0.410 e. The van der Waals surface area contributed by atoms with Gasteiger partial charge >= 0.3 is 6.09 Å². The van der Waals surface area contributed by atoms with Gasteiger partial charge in [0.2, 0.25) is 0 Å². The highest BCUT2D eigenvalue weighted by atomic mass is 35.5. The third-order valence-corrected chi connectivity index (χ3v) is 5.14. The van der Waals surface area contributed by atoms with E-state index >= 15 is 0 Å². The number of ether oxygens (including phenoxy) is 2. The summed E-state index contributed by atoms with van der Waals surface area (Å²) in [6.07, 6.45) is -0.271. The summed E-state index contributed by atoms with van der Waals surface area (Å²) >= 11 is 6.03. The van der Waals surface area contributed by atoms with E-state index in [4.69, 9.17) is 21.1 Å². The zero-order chi connectivity index (χ0) is 19.1. The Balaban J connectivity index is 1.61. The average molecular weight is 381 g/mol. The highest BCUT2D eigenvalue weighted by Gasteiger charge is 2.44. The molecule has 2 unspecified atom stereocenters. The van der Waals surface area contributed by atoms with Crippen molar-refractivity contribution in [1.29, 1.82) is 0 Å². The van der Waals surface area contributed by atoms with Crippen LogP contribution in [-0.2, 0) is 4.74 Å². The molecule has 2 saturated heterocycles. The maximum atomic E-state index is 12.8. The zero-order valence-corrected chi connectivity index (χ0v) is 16.4. The Bertz CT molecular complexity index is 702. The zero-order valence-electron chi connectivity index (χ0n) is 15.6. The molecule has 2 fully saturated rings. The van der Waals surface area contributed by atoms with Crippen molar-refractivity contribution in [2.75, 3.05) is 33.3 Å². The van der Waals surface area contributed by atoms with E-state index in [0.717, 1.165) is 0 Å². The van der Waals surface area contributed by atoms with Gasteiger partial charge in [-0.15, -0.1) is 0 Å². The van der Waals surface area contributed by atoms with Crippen LogP contribution in [0.4, 0.5) is 4.79 Å². The molecule has 0 aliphatic carbocycles. The predicted molar refractivity (Wildman–Crippen MR) is 98.7 cm³/mol. The van der Waals surface area contributed by atoms with Crippen LogP contribution in [0, 0.1) is 11.8 Å². The smallest absolute Gasteiger partial charge is 0.410 e. The highest BCUT2D eigenvalue weighted by molar-refractivity contribution is 6.32. The molecule has 2 atom stereocenters. The van der Waals surface area contributed by atoms with Gasteiger partial charge in [0.05, 0.1) is 12.1 Å². The van der Waals surface area contributed by atoms with Gasteiger partial charge in [-0.1, -0.05) is 11.6 Å². The molecule has 2 amide bonds. The van der Waals surface area contributed by atoms with Gasteiger partial charge in [0.15, 0.2) is 0 Å². The van der Waals surface area contributed by atoms with E-state index in [1.54, 1.807) is 23.1 Å². The van der Waals surface area contributed by atoms with E-state index in [2.05, 4.69) is 0 Å². The Morgan fingerprint density at radius 2 is 1.65 bits per heavy atom. The minimum absolute atomic E-state index is 0.0295. The Kier molecular flexibility index (Phi) is 5.06. The summed E-state index contributed by atoms with van der Waals surface area (Å²) in [4.78, 5) is 28.6. The summed E-state index contributed by atoms with van der Waals surface area (Å²) in [5.41, 5.74) is 0.0694. The molecule has 0 bridgehead atoms. The standard InChI is InChI=1S/C19H25ClN2O4/c1-19(2,3)26-18(24)22-10-13-8-21(9-14(13)11-22)17(23)12-5-6-15(20)16(7-12)25-4/h5-7,13-14H,8-11H2,1-4H3. The van der Waals surface area contributed by atoms with Crippen LogP contribution in [0.15, 0.2) is 18.2 Å². The number of methoxy groups -OCH3 is 1. The fourth-order valence-corrected chi connectivity index (χ4v) is 3.80. The monoisotopic (exact) mass is 380 g/mol. The van der Waals surface area contributed by atoms with Crippen LogP contribution in [0.25, 0.3) is 0 Å². The van der Waals surface area contributed by atoms with E-state index in [0.29, 0.717) is 54.4 Å². The summed E-state index contributed by atoms with van der Waals surface area (Å²) in [6, 6.07) is 5.06. The summed E-state index contributed by atoms with van der Waals surface area (Å²) in [6.45, 7) is 8.15. The van der Waals surface area contributed by atoms with Crippen LogP contribution in [0.3, 0.4) is 0 Å². The third kappa shape index (κ3) is 3.90. The van der Waals surface area contributed by atoms with Gasteiger partial charge in [0.1, 0.15) is 11.4 Å². The first-order chi connectivity index (χ1) is 12.2. The Morgan fingerprint density at radius 1 is 1.08 bits per heavy atom. The lowest BCUT2D eigenvalue weighted by atomic mass is 10.0. The maximum absolute atomic E-state index is 12.8. The van der Waals surface area contributed by atoms with Gasteiger partial charge in [-0.05, 0) is 39.0 Å². The first-order valence-electron chi connectivity index (χ1n) is 8.78. The topological polar surface area (TPSA) is 59.1 Å². The minimum atomic E-state index is -0.496. The van der Waals surface area contributed by atoms with Crippen LogP contribution in [0.1, 0.15) is 31.1 Å². The van der Waals surface area contributed by atoms with Crippen LogP contribution in [-0.4, -0.2) is 60.7 Å². The lowest BCUT2D eigenvalue weighted by Crippen LogP contribution is -2.38. The quantitative estimate of drug-likeness (QED) is 0.790. The number of hydrogen-bond donors (Lipinski definition) is 0. The normalized spacial score (nSPS) is 22.3. The molecule has 1 aromatic carbocycles. The summed E-state index contributed by atoms with van der Waals surface area (Å²) in [7, 11) is 1.53. The van der Waals surface area contributed by atoms with E-state index in [9.17, 15) is 9.59 Å². The lowest BCUT2D eigenvalue weighted by molar-refractivity contribution is 0.0275. The SMILES string of the molecule is COc1cc(C(=O)N2CC3CN(C(=O)OC(C)(C)C)CC3C2)ccc1Cl. The molecular formula is C19H25ClN2O4. The van der Waals surface area contributed by atoms with Crippen molar-refractivity contribution < 1.29 is 19.1 Å². The van der Waals surface area contributed by atoms with Crippen molar-refractivity contribution in [2.45, 2.75) is 26.4 Å². The molecule has 2 aliphatic heterocycles. The van der Waals surface area contributed by atoms with Crippen LogP contribution in [0.2, 0.25) is 5.02 Å². The molecule has 0 N–H and O–H groups in total. The molecule has 26 heavy (non-hydrogen) atoms. The van der Waals surface area contributed by atoms with Crippen molar-refractivity contribution in [1.82, 2.24) is 9.80 Å². The average Bonchev–Trinajstić information content (AvgIpc) is 3.12. The number of amides is 2. The molecule has 0 saturated carbocycles. The number of carbonyl (C=O) groups excluding carboxylic acids is 2. The van der Waals surface area contributed by atoms with Gasteiger partial charge in [-0.2, -0.15) is 0 Å². The predicted octanol–water partition coefficient (Wildman–Crippen LogP) is 3.29. The van der Waals surface area contributed by atoms with Crippen LogP contribution < -0.4 is 4.74 Å². The van der Waals surface area contributed by atoms with Crippen molar-refractivity contribution in [3.05, 3.63) is 28.8 Å². The van der Waals surface area contributed by atoms with Gasteiger partial charge in [0, 0.05) is 43.6 Å². The number of benzene rings is 1. The number of halogens is 1. The molecule has 0 aromatic heterocycles. The van der Waals surface area contributed by atoms with Crippen LogP contribution in [0.5, 0.6) is 5.75 Å². The van der Waals surface area contributed by atoms with Crippen molar-refractivity contribution in [3.8, 4) is 5.75 Å². The second-order valence-corrected chi connectivity index (χ2v) is 8.37. The van der Waals surface area contributed by atoms with Crippen LogP contribution >= 0.6 is 11.6 Å². The highest BCUT2D eigenvalue weighted by Crippen LogP contribution is 2.33. The molecule has 1 aromatic rings. The first-order valence-corrected chi connectivity index (χ1v) is 9.16. The third-order valence-electron chi connectivity index (χ3n) is 4.82. The molecule has 7 heteroatoms. The largest absolute Gasteiger partial charge is 0.495 e. The molecule has 2 heterocycles. The first kappa shape index (κ1) is 18.8. The van der Waals surface area contributed by atoms with Crippen molar-refractivity contribution >= 4 is 23.6 Å². The number of likely N-dealkylation sites (tertiary alicyclic amines) is 2. The molecule has 3 rings (SSSR count). The molecule has 0 spiro atoms. The molecule has 142 valence electrons. The van der Waals surface area contributed by atoms with Crippen molar-refractivity contribution in [2.24, 2.45) is 11.8 Å². The second-order valence-electron chi connectivity index (χ2n) is 7.96. The number of carbonyl (C=O) groups is 2. The number of rotatable bonds is 2. The van der Waals surface area contributed by atoms with Gasteiger partial charge in [-0.25, -0.2) is 4.79 Å². The number of nitrogens with zero attached hydrogens (tertiary/aromatic N) is 2. The summed E-state index contributed by atoms with van der Waals surface area (Å²) < 4.78 is 10.6. The fraction of sp³-hybridized carbons (Fsp3) is 0.579. The van der Waals surface area contributed by atoms with E-state index in [-0.39, 0.29) is 12.0 Å². The molecule has 2 aliphatic rings. The van der Waals surface area contributed by atoms with Gasteiger partial charge < -0.3 is 19.3 Å². The number of hydrogen-bond acceptors (Lipinski definition) is 4. The Labute approximate surface area is 159 Å². The van der Waals surface area contributed by atoms with Crippen molar-refractivity contribution in [3.63, 3.8) is 0 Å². The van der Waals surface area contributed by atoms with Gasteiger partial charge in [-0.3, -0.25) is 4.79 Å². The fourth-order valence-electron chi connectivity index (χ4n) is 3.61. The van der Waals surface area contributed by atoms with E-state index in [1.165, 1.54) is 7.11 Å². The van der Waals surface area contributed by atoms with Gasteiger partial charge in [0.25, 0.3) is 5.91 Å². The van der Waals surface area contributed by atoms with E-state index < -0.39 is 5.60 Å². The summed E-state index contributed by atoms with van der Waals surface area (Å²) in [5, 5.41) is 0.482. The Morgan fingerprint density at radius 3 is 2.19 bits per heavy atom. The van der Waals surface area contributed by atoms with E-state index in [1.807, 2.05) is 25.7 Å². The minimum Gasteiger partial charge on any atom is -0.495 e. The molecule has 6 nitrogen and oxygen atoms in total. The Hall–Kier alpha value is -1.95. The number of fused-ring (bicyclic) bond motifs is 1.